The van der Waals surface area contributed by atoms with Gasteiger partial charge in [0.25, 0.3) is 0 Å². The van der Waals surface area contributed by atoms with Crippen molar-refractivity contribution in [1.82, 2.24) is 9.55 Å². The van der Waals surface area contributed by atoms with Crippen molar-refractivity contribution in [2.45, 2.75) is 0 Å². The first kappa shape index (κ1) is 8.55. The zero-order chi connectivity index (χ0) is 10.3. The Bertz CT molecular complexity index is 516. The number of nitrogen functional groups attached to an aromatic ring is 1. The number of benzene rings is 1. The number of rotatable bonds is 1. The summed E-state index contributed by atoms with van der Waals surface area (Å²) >= 11 is 0. The highest BCUT2D eigenvalue weighted by Crippen LogP contribution is 2.21. The summed E-state index contributed by atoms with van der Waals surface area (Å²) in [7, 11) is 1.79. The largest absolute Gasteiger partial charge is 0.478 e. The van der Waals surface area contributed by atoms with Gasteiger partial charge >= 0.3 is 5.97 Å². The fourth-order valence-corrected chi connectivity index (χ4v) is 1.38. The Kier molecular flexibility index (Phi) is 1.67. The van der Waals surface area contributed by atoms with Gasteiger partial charge in [-0.1, -0.05) is 0 Å². The molecule has 1 aromatic heterocycles. The molecule has 3 N–H and O–H groups in total. The summed E-state index contributed by atoms with van der Waals surface area (Å²) in [5.74, 6) is -0.986. The number of nitrogens with two attached hydrogens (primary N) is 1. The van der Waals surface area contributed by atoms with Crippen LogP contribution in [-0.4, -0.2) is 20.6 Å². The first-order valence-corrected chi connectivity index (χ1v) is 4.03. The van der Waals surface area contributed by atoms with Gasteiger partial charge in [0.2, 0.25) is 0 Å². The zero-order valence-corrected chi connectivity index (χ0v) is 7.56. The van der Waals surface area contributed by atoms with Crippen LogP contribution < -0.4 is 5.73 Å². The van der Waals surface area contributed by atoms with Crippen LogP contribution in [-0.2, 0) is 7.05 Å². The summed E-state index contributed by atoms with van der Waals surface area (Å²) in [5.41, 5.74) is 7.60. The van der Waals surface area contributed by atoms with E-state index >= 15 is 0 Å². The van der Waals surface area contributed by atoms with Crippen molar-refractivity contribution in [2.24, 2.45) is 7.05 Å². The van der Waals surface area contributed by atoms with Gasteiger partial charge in [-0.2, -0.15) is 0 Å². The summed E-state index contributed by atoms with van der Waals surface area (Å²) in [6.07, 6.45) is 1.60. The molecule has 0 atom stereocenters. The molecule has 14 heavy (non-hydrogen) atoms. The van der Waals surface area contributed by atoms with E-state index in [0.717, 1.165) is 5.52 Å². The van der Waals surface area contributed by atoms with Crippen LogP contribution in [0.1, 0.15) is 10.4 Å². The number of hydrogen-bond donors (Lipinski definition) is 2. The highest BCUT2D eigenvalue weighted by atomic mass is 16.4. The Morgan fingerprint density at radius 3 is 2.93 bits per heavy atom. The number of fused-ring (bicyclic) bond motifs is 1. The van der Waals surface area contributed by atoms with Crippen molar-refractivity contribution in [1.29, 1.82) is 0 Å². The van der Waals surface area contributed by atoms with E-state index in [1.54, 1.807) is 24.0 Å². The molecule has 0 radical (unpaired) electrons. The molecule has 2 rings (SSSR count). The lowest BCUT2D eigenvalue weighted by Crippen LogP contribution is -1.99. The molecule has 0 saturated heterocycles. The number of aromatic nitrogens is 2. The van der Waals surface area contributed by atoms with Gasteiger partial charge in [-0.25, -0.2) is 9.78 Å². The van der Waals surface area contributed by atoms with Crippen LogP contribution in [0.15, 0.2) is 18.5 Å². The molecule has 0 aliphatic heterocycles. The third-order valence-corrected chi connectivity index (χ3v) is 2.11. The summed E-state index contributed by atoms with van der Waals surface area (Å²) in [6, 6.07) is 2.97. The zero-order valence-electron chi connectivity index (χ0n) is 7.56. The standard InChI is InChI=1S/C9H9N3O2/c1-12-4-11-8-6(10)2-5(9(13)14)3-7(8)12/h2-4H,10H2,1H3,(H,13,14). The second kappa shape index (κ2) is 2.73. The van der Waals surface area contributed by atoms with Crippen molar-refractivity contribution in [3.05, 3.63) is 24.0 Å². The number of aromatic carboxylic acids is 1. The number of aryl methyl sites for hydroxylation is 1. The van der Waals surface area contributed by atoms with Crippen LogP contribution >= 0.6 is 0 Å². The number of carboxylic acid groups (broad SMARTS) is 1. The summed E-state index contributed by atoms with van der Waals surface area (Å²) in [6.45, 7) is 0. The second-order valence-electron chi connectivity index (χ2n) is 3.09. The average Bonchev–Trinajstić information content (AvgIpc) is 2.48. The maximum atomic E-state index is 10.7. The number of carbonyl (C=O) groups is 1. The van der Waals surface area contributed by atoms with Crippen molar-refractivity contribution < 1.29 is 9.90 Å². The van der Waals surface area contributed by atoms with Crippen molar-refractivity contribution in [3.63, 3.8) is 0 Å². The maximum absolute atomic E-state index is 10.7. The third kappa shape index (κ3) is 1.10. The second-order valence-corrected chi connectivity index (χ2v) is 3.09. The van der Waals surface area contributed by atoms with Gasteiger partial charge in [-0.15, -0.1) is 0 Å². The Morgan fingerprint density at radius 2 is 2.29 bits per heavy atom. The highest BCUT2D eigenvalue weighted by Gasteiger charge is 2.09. The number of carboxylic acids is 1. The summed E-state index contributed by atoms with van der Waals surface area (Å²) < 4.78 is 1.73. The minimum Gasteiger partial charge on any atom is -0.478 e. The Hall–Kier alpha value is -2.04. The predicted molar refractivity (Wildman–Crippen MR) is 52.1 cm³/mol. The molecular formula is C9H9N3O2. The number of anilines is 1. The number of nitrogens with zero attached hydrogens (tertiary/aromatic N) is 2. The predicted octanol–water partition coefficient (Wildman–Crippen LogP) is 0.854. The molecule has 0 aliphatic carbocycles. The smallest absolute Gasteiger partial charge is 0.335 e. The van der Waals surface area contributed by atoms with E-state index < -0.39 is 5.97 Å². The van der Waals surface area contributed by atoms with Crippen LogP contribution in [0, 0.1) is 0 Å². The van der Waals surface area contributed by atoms with Crippen LogP contribution in [0.2, 0.25) is 0 Å². The summed E-state index contributed by atoms with van der Waals surface area (Å²) in [5, 5.41) is 8.81. The van der Waals surface area contributed by atoms with Gasteiger partial charge in [-0.3, -0.25) is 0 Å². The van der Waals surface area contributed by atoms with Crippen LogP contribution in [0.4, 0.5) is 5.69 Å². The van der Waals surface area contributed by atoms with Gasteiger partial charge in [0.05, 0.1) is 23.1 Å². The molecular weight excluding hydrogens is 182 g/mol. The van der Waals surface area contributed by atoms with E-state index in [9.17, 15) is 4.79 Å². The van der Waals surface area contributed by atoms with Crippen molar-refractivity contribution in [3.8, 4) is 0 Å². The Labute approximate surface area is 79.8 Å². The fourth-order valence-electron chi connectivity index (χ4n) is 1.38. The van der Waals surface area contributed by atoms with Gasteiger partial charge < -0.3 is 15.4 Å². The lowest BCUT2D eigenvalue weighted by molar-refractivity contribution is 0.0697. The average molecular weight is 191 g/mol. The normalized spacial score (nSPS) is 10.6. The Balaban J connectivity index is 2.82. The first-order valence-electron chi connectivity index (χ1n) is 4.03. The lowest BCUT2D eigenvalue weighted by atomic mass is 10.1. The molecule has 5 nitrogen and oxygen atoms in total. The molecule has 0 unspecified atom stereocenters. The molecule has 0 saturated carbocycles. The van der Waals surface area contributed by atoms with Crippen LogP contribution in [0.25, 0.3) is 11.0 Å². The summed E-state index contributed by atoms with van der Waals surface area (Å²) in [4.78, 5) is 14.8. The fraction of sp³-hybridized carbons (Fsp3) is 0.111. The molecule has 2 aromatic rings. The molecule has 0 fully saturated rings. The lowest BCUT2D eigenvalue weighted by Gasteiger charge is -2.00. The molecule has 0 bridgehead atoms. The SMILES string of the molecule is Cn1cnc2c(N)cc(C(=O)O)cc21. The van der Waals surface area contributed by atoms with E-state index in [4.69, 9.17) is 10.8 Å². The molecule has 1 heterocycles. The van der Waals surface area contributed by atoms with Crippen molar-refractivity contribution >= 4 is 22.7 Å². The Morgan fingerprint density at radius 1 is 1.57 bits per heavy atom. The van der Waals surface area contributed by atoms with E-state index in [2.05, 4.69) is 4.98 Å². The molecule has 0 aliphatic rings. The topological polar surface area (TPSA) is 81.1 Å². The van der Waals surface area contributed by atoms with Crippen LogP contribution in [0.3, 0.4) is 0 Å². The van der Waals surface area contributed by atoms with Gasteiger partial charge in [-0.05, 0) is 12.1 Å². The highest BCUT2D eigenvalue weighted by molar-refractivity contribution is 5.97. The van der Waals surface area contributed by atoms with Gasteiger partial charge in [0.15, 0.2) is 0 Å². The molecule has 0 amide bonds. The van der Waals surface area contributed by atoms with Gasteiger partial charge in [0, 0.05) is 7.05 Å². The van der Waals surface area contributed by atoms with E-state index in [0.29, 0.717) is 11.2 Å². The van der Waals surface area contributed by atoms with Gasteiger partial charge in [0.1, 0.15) is 5.52 Å². The quantitative estimate of drug-likeness (QED) is 0.655. The number of imidazole rings is 1. The van der Waals surface area contributed by atoms with E-state index in [1.165, 1.54) is 6.07 Å². The number of hydrogen-bond acceptors (Lipinski definition) is 3. The molecule has 0 spiro atoms. The minimum atomic E-state index is -0.986. The molecule has 72 valence electrons. The minimum absolute atomic E-state index is 0.179. The molecule has 5 heteroatoms. The molecule has 1 aromatic carbocycles. The van der Waals surface area contributed by atoms with E-state index in [-0.39, 0.29) is 5.56 Å². The van der Waals surface area contributed by atoms with Crippen LogP contribution in [0.5, 0.6) is 0 Å². The van der Waals surface area contributed by atoms with E-state index in [1.807, 2.05) is 0 Å². The third-order valence-electron chi connectivity index (χ3n) is 2.11. The van der Waals surface area contributed by atoms with Crippen molar-refractivity contribution in [2.75, 3.05) is 5.73 Å². The first-order chi connectivity index (χ1) is 6.59. The monoisotopic (exact) mass is 191 g/mol. The maximum Gasteiger partial charge on any atom is 0.335 e.